The van der Waals surface area contributed by atoms with E-state index in [1.54, 1.807) is 0 Å². The van der Waals surface area contributed by atoms with Crippen LogP contribution in [0.5, 0.6) is 0 Å². The van der Waals surface area contributed by atoms with E-state index >= 15 is 0 Å². The van der Waals surface area contributed by atoms with E-state index in [0.717, 1.165) is 34.1 Å². The Balaban J connectivity index is 1.03. The molecule has 17 rings (SSSR count). The van der Waals surface area contributed by atoms with Gasteiger partial charge in [-0.2, -0.15) is 0 Å². The van der Waals surface area contributed by atoms with Crippen molar-refractivity contribution in [3.8, 4) is 66.8 Å². The summed E-state index contributed by atoms with van der Waals surface area (Å²) in [6.45, 7) is 0. The third kappa shape index (κ3) is 5.47. The monoisotopic (exact) mass is 966 g/mol. The van der Waals surface area contributed by atoms with Gasteiger partial charge in [0.25, 0.3) is 0 Å². The molecule has 76 heavy (non-hydrogen) atoms. The Kier molecular flexibility index (Phi) is 8.38. The lowest BCUT2D eigenvalue weighted by Gasteiger charge is -2.39. The summed E-state index contributed by atoms with van der Waals surface area (Å²) in [5.41, 5.74) is 26.8. The highest BCUT2D eigenvalue weighted by molar-refractivity contribution is 6.30. The molecule has 13 aromatic carbocycles. The molecule has 354 valence electrons. The Morgan fingerprint density at radius 3 is 0.855 bits per heavy atom. The molecule has 4 heteroatoms. The van der Waals surface area contributed by atoms with E-state index in [1.807, 2.05) is 0 Å². The second kappa shape index (κ2) is 15.3. The number of hydrogen-bond donors (Lipinski definition) is 0. The molecule has 0 unspecified atom stereocenters. The first-order valence-electron chi connectivity index (χ1n) is 26.4. The van der Waals surface area contributed by atoms with Crippen LogP contribution in [0.4, 0.5) is 56.9 Å². The van der Waals surface area contributed by atoms with Crippen molar-refractivity contribution in [1.29, 1.82) is 0 Å². The summed E-state index contributed by atoms with van der Waals surface area (Å²) < 4.78 is 0. The first-order chi connectivity index (χ1) is 37.6. The first kappa shape index (κ1) is 41.6. The van der Waals surface area contributed by atoms with Crippen molar-refractivity contribution >= 4 is 100.0 Å². The fourth-order valence-corrected chi connectivity index (χ4v) is 13.9. The van der Waals surface area contributed by atoms with Crippen LogP contribution in [0, 0.1) is 0 Å². The van der Waals surface area contributed by atoms with Gasteiger partial charge in [0, 0.05) is 25.5 Å². The van der Waals surface area contributed by atoms with Crippen LogP contribution in [-0.4, -0.2) is 14.1 Å². The SMILES string of the molecule is CN1c2ccccc2N(c2ccc3c(-c4ccc5c6c(cccc46)-c4ccccc4-5)c4cc(N5c6ccccc6N(C)c6ccccc65)ccc4c(-c4ccc5c6c(cccc46)-c4ccccc4-5)c3c2)c2ccccc21. The summed E-state index contributed by atoms with van der Waals surface area (Å²) in [4.78, 5) is 9.60. The molecule has 0 atom stereocenters. The topological polar surface area (TPSA) is 13.0 Å². The molecule has 2 aliphatic heterocycles. The molecule has 0 saturated carbocycles. The maximum Gasteiger partial charge on any atom is 0.0699 e. The van der Waals surface area contributed by atoms with Gasteiger partial charge in [-0.15, -0.1) is 0 Å². The molecule has 0 aromatic heterocycles. The number of benzene rings is 13. The van der Waals surface area contributed by atoms with Crippen molar-refractivity contribution in [2.75, 3.05) is 33.7 Å². The fraction of sp³-hybridized carbons (Fsp3) is 0.0278. The predicted octanol–water partition coefficient (Wildman–Crippen LogP) is 20.0. The fourth-order valence-electron chi connectivity index (χ4n) is 13.9. The molecule has 0 fully saturated rings. The van der Waals surface area contributed by atoms with Crippen molar-refractivity contribution in [3.63, 3.8) is 0 Å². The standard InChI is InChI=1S/C72H46N4/c1-73-61-25-7-11-29-65(61)75(66-30-12-8-26-62(66)73)43-33-35-57-59(41-43)71(55-39-37-53-47-19-5-3-17-45(47)49-21-15-23-51(55)69(49)53)58-36-34-44(76-67-31-13-9-27-63(67)74(2)64-28-10-14-32-68(64)76)42-60(58)72(57)56-40-38-54-48-20-6-4-18-46(48)50-22-16-24-52(56)70(50)54/h3-42H,1-2H3. The van der Waals surface area contributed by atoms with E-state index in [-0.39, 0.29) is 0 Å². The highest BCUT2D eigenvalue weighted by Crippen LogP contribution is 2.58. The maximum absolute atomic E-state index is 2.50. The van der Waals surface area contributed by atoms with Gasteiger partial charge in [0.15, 0.2) is 0 Å². The van der Waals surface area contributed by atoms with Crippen LogP contribution in [0.1, 0.15) is 0 Å². The largest absolute Gasteiger partial charge is 0.341 e. The van der Waals surface area contributed by atoms with Gasteiger partial charge >= 0.3 is 0 Å². The van der Waals surface area contributed by atoms with Crippen molar-refractivity contribution < 1.29 is 0 Å². The molecule has 4 aliphatic rings. The molecule has 0 saturated heterocycles. The minimum Gasteiger partial charge on any atom is -0.341 e. The highest BCUT2D eigenvalue weighted by Gasteiger charge is 2.32. The molecule has 0 spiro atoms. The molecular formula is C72H46N4. The molecule has 0 N–H and O–H groups in total. The third-order valence-corrected chi connectivity index (χ3v) is 17.2. The van der Waals surface area contributed by atoms with E-state index < -0.39 is 0 Å². The number of hydrogen-bond acceptors (Lipinski definition) is 4. The molecule has 0 bridgehead atoms. The zero-order chi connectivity index (χ0) is 49.9. The van der Waals surface area contributed by atoms with Crippen LogP contribution in [-0.2, 0) is 0 Å². The smallest absolute Gasteiger partial charge is 0.0699 e. The maximum atomic E-state index is 2.50. The average molecular weight is 967 g/mol. The van der Waals surface area contributed by atoms with Crippen molar-refractivity contribution in [2.24, 2.45) is 0 Å². The molecule has 13 aromatic rings. The van der Waals surface area contributed by atoms with Gasteiger partial charge in [-0.25, -0.2) is 0 Å². The van der Waals surface area contributed by atoms with Gasteiger partial charge < -0.3 is 19.6 Å². The molecule has 0 amide bonds. The van der Waals surface area contributed by atoms with Crippen LogP contribution in [0.3, 0.4) is 0 Å². The predicted molar refractivity (Wildman–Crippen MR) is 322 cm³/mol. The Bertz CT molecular complexity index is 4270. The van der Waals surface area contributed by atoms with Gasteiger partial charge in [0.05, 0.1) is 45.5 Å². The molecule has 4 nitrogen and oxygen atoms in total. The summed E-state index contributed by atoms with van der Waals surface area (Å²) in [6, 6.07) is 91.2. The number of nitrogens with zero attached hydrogens (tertiary/aromatic N) is 4. The van der Waals surface area contributed by atoms with E-state index in [2.05, 4.69) is 276 Å². The van der Waals surface area contributed by atoms with E-state index in [4.69, 9.17) is 0 Å². The van der Waals surface area contributed by atoms with E-state index in [0.29, 0.717) is 0 Å². The van der Waals surface area contributed by atoms with Crippen molar-refractivity contribution in [1.82, 2.24) is 0 Å². The van der Waals surface area contributed by atoms with Crippen molar-refractivity contribution in [3.05, 3.63) is 243 Å². The van der Waals surface area contributed by atoms with Gasteiger partial charge in [0.1, 0.15) is 0 Å². The molecule has 2 heterocycles. The number of rotatable bonds is 4. The lowest BCUT2D eigenvalue weighted by molar-refractivity contribution is 1.13. The zero-order valence-electron chi connectivity index (χ0n) is 41.9. The Morgan fingerprint density at radius 2 is 0.500 bits per heavy atom. The summed E-state index contributed by atoms with van der Waals surface area (Å²) >= 11 is 0. The zero-order valence-corrected chi connectivity index (χ0v) is 41.9. The van der Waals surface area contributed by atoms with Crippen LogP contribution in [0.25, 0.3) is 110 Å². The number of anilines is 10. The number of fused-ring (bicyclic) bond motifs is 12. The van der Waals surface area contributed by atoms with Crippen LogP contribution in [0.15, 0.2) is 243 Å². The summed E-state index contributed by atoms with van der Waals surface area (Å²) in [5, 5.41) is 9.99. The summed E-state index contributed by atoms with van der Waals surface area (Å²) in [7, 11) is 4.37. The van der Waals surface area contributed by atoms with E-state index in [9.17, 15) is 0 Å². The first-order valence-corrected chi connectivity index (χ1v) is 26.4. The van der Waals surface area contributed by atoms with E-state index in [1.165, 1.54) is 133 Å². The van der Waals surface area contributed by atoms with Crippen LogP contribution >= 0.6 is 0 Å². The quantitative estimate of drug-likeness (QED) is 0.163. The molecule has 0 radical (unpaired) electrons. The lowest BCUT2D eigenvalue weighted by Crippen LogP contribution is -2.24. The second-order valence-corrected chi connectivity index (χ2v) is 20.8. The third-order valence-electron chi connectivity index (χ3n) is 17.2. The van der Waals surface area contributed by atoms with Gasteiger partial charge in [-0.05, 0) is 183 Å². The van der Waals surface area contributed by atoms with Gasteiger partial charge in [-0.3, -0.25) is 0 Å². The summed E-state index contributed by atoms with van der Waals surface area (Å²) in [6.07, 6.45) is 0. The second-order valence-electron chi connectivity index (χ2n) is 20.8. The van der Waals surface area contributed by atoms with Crippen LogP contribution in [0.2, 0.25) is 0 Å². The average Bonchev–Trinajstić information content (AvgIpc) is 4.09. The Hall–Kier alpha value is -9.90. The Morgan fingerprint density at radius 1 is 0.211 bits per heavy atom. The van der Waals surface area contributed by atoms with Gasteiger partial charge in [-0.1, -0.05) is 170 Å². The molecular weight excluding hydrogens is 921 g/mol. The number of para-hydroxylation sites is 8. The van der Waals surface area contributed by atoms with Crippen LogP contribution < -0.4 is 19.6 Å². The normalized spacial score (nSPS) is 13.3. The molecule has 2 aliphatic carbocycles. The Labute approximate surface area is 440 Å². The summed E-state index contributed by atoms with van der Waals surface area (Å²) in [5.74, 6) is 0. The highest BCUT2D eigenvalue weighted by atomic mass is 15.3. The lowest BCUT2D eigenvalue weighted by atomic mass is 9.82. The minimum absolute atomic E-state index is 1.11. The minimum atomic E-state index is 1.11. The van der Waals surface area contributed by atoms with Crippen molar-refractivity contribution in [2.45, 2.75) is 0 Å². The van der Waals surface area contributed by atoms with Gasteiger partial charge in [0.2, 0.25) is 0 Å².